The number of aliphatic carboxylic acids is 2. The van der Waals surface area contributed by atoms with Crippen molar-refractivity contribution in [1.82, 2.24) is 15.0 Å². The summed E-state index contributed by atoms with van der Waals surface area (Å²) in [5.74, 6) is -0.278. The number of hydrogen-bond donors (Lipinski definition) is 6. The van der Waals surface area contributed by atoms with Crippen molar-refractivity contribution in [2.45, 2.75) is 86.7 Å². The number of carboxylic acids is 2. The number of aliphatic hydroxyl groups excluding tert-OH is 1. The molecule has 0 fully saturated rings. The van der Waals surface area contributed by atoms with Gasteiger partial charge in [0.2, 0.25) is 11.9 Å². The third-order valence-corrected chi connectivity index (χ3v) is 6.47. The molecular weight excluding hydrogens is 560 g/mol. The number of ether oxygens (including phenoxy) is 3. The van der Waals surface area contributed by atoms with Crippen LogP contribution >= 0.6 is 0 Å². The lowest BCUT2D eigenvalue weighted by Gasteiger charge is -2.27. The first-order valence-corrected chi connectivity index (χ1v) is 14.8. The summed E-state index contributed by atoms with van der Waals surface area (Å²) in [5, 5.41) is 32.5. The Labute approximate surface area is 256 Å². The lowest BCUT2D eigenvalue weighted by atomic mass is 9.90. The molecule has 14 heteroatoms. The van der Waals surface area contributed by atoms with Crippen molar-refractivity contribution in [2.24, 2.45) is 22.5 Å². The molecule has 0 spiro atoms. The Morgan fingerprint density at radius 1 is 0.814 bits per heavy atom. The van der Waals surface area contributed by atoms with Gasteiger partial charge in [-0.15, -0.1) is 0 Å². The molecule has 14 nitrogen and oxygen atoms in total. The van der Waals surface area contributed by atoms with Crippen LogP contribution in [-0.2, 0) is 19.1 Å². The van der Waals surface area contributed by atoms with Gasteiger partial charge in [0.15, 0.2) is 0 Å². The summed E-state index contributed by atoms with van der Waals surface area (Å²) >= 11 is 0. The largest absolute Gasteiger partial charge is 0.481 e. The predicted molar refractivity (Wildman–Crippen MR) is 165 cm³/mol. The molecule has 43 heavy (non-hydrogen) atoms. The van der Waals surface area contributed by atoms with E-state index in [1.165, 1.54) is 0 Å². The first-order valence-electron chi connectivity index (χ1n) is 14.8. The van der Waals surface area contributed by atoms with Crippen LogP contribution in [-0.4, -0.2) is 100 Å². The van der Waals surface area contributed by atoms with Gasteiger partial charge in [0, 0.05) is 32.8 Å². The molecule has 7 N–H and O–H groups in total. The molecule has 0 aromatic carbocycles. The second-order valence-electron chi connectivity index (χ2n) is 12.5. The normalized spacial score (nSPS) is 12.0. The molecular formula is C29H56N6O8. The zero-order valence-electron chi connectivity index (χ0n) is 27.4. The van der Waals surface area contributed by atoms with Gasteiger partial charge < -0.3 is 45.9 Å². The van der Waals surface area contributed by atoms with Crippen molar-refractivity contribution in [3.05, 3.63) is 0 Å². The minimum absolute atomic E-state index is 0.0701. The highest BCUT2D eigenvalue weighted by Crippen LogP contribution is 2.23. The molecule has 1 aromatic rings. The molecule has 0 aliphatic heterocycles. The van der Waals surface area contributed by atoms with Crippen LogP contribution < -0.4 is 21.1 Å². The van der Waals surface area contributed by atoms with E-state index < -0.39 is 28.4 Å². The average Bonchev–Trinajstić information content (AvgIpc) is 2.88. The Hall–Kier alpha value is -2.81. The van der Waals surface area contributed by atoms with Crippen molar-refractivity contribution in [1.29, 1.82) is 0 Å². The van der Waals surface area contributed by atoms with E-state index in [4.69, 9.17) is 30.2 Å². The van der Waals surface area contributed by atoms with Crippen molar-refractivity contribution < 1.29 is 39.1 Å². The molecule has 0 saturated heterocycles. The lowest BCUT2D eigenvalue weighted by Crippen LogP contribution is -2.31. The third kappa shape index (κ3) is 19.2. The Morgan fingerprint density at radius 2 is 1.37 bits per heavy atom. The van der Waals surface area contributed by atoms with E-state index in [2.05, 4.69) is 39.4 Å². The van der Waals surface area contributed by atoms with Gasteiger partial charge in [0.25, 0.3) is 0 Å². The summed E-state index contributed by atoms with van der Waals surface area (Å²) in [6.07, 6.45) is 2.41. The van der Waals surface area contributed by atoms with Crippen LogP contribution in [0.1, 0.15) is 81.1 Å². The number of aliphatic hydroxyl groups is 1. The number of anilines is 2. The Bertz CT molecular complexity index is 944. The highest BCUT2D eigenvalue weighted by molar-refractivity contribution is 5.73. The second kappa shape index (κ2) is 20.2. The maximum absolute atomic E-state index is 11.3. The smallest absolute Gasteiger partial charge is 0.323 e. The number of nitrogens with zero attached hydrogens (tertiary/aromatic N) is 3. The van der Waals surface area contributed by atoms with Crippen LogP contribution in [0.2, 0.25) is 0 Å². The van der Waals surface area contributed by atoms with Crippen LogP contribution in [0.25, 0.3) is 0 Å². The van der Waals surface area contributed by atoms with E-state index in [0.29, 0.717) is 76.6 Å². The number of hydrogen-bond acceptors (Lipinski definition) is 12. The Balaban J connectivity index is 0.00000169. The summed E-state index contributed by atoms with van der Waals surface area (Å²) in [5.41, 5.74) is 3.38. The van der Waals surface area contributed by atoms with Gasteiger partial charge in [-0.3, -0.25) is 9.59 Å². The number of rotatable bonds is 22. The fraction of sp³-hybridized carbons (Fsp3) is 0.828. The van der Waals surface area contributed by atoms with Crippen molar-refractivity contribution in [3.8, 4) is 6.01 Å². The zero-order valence-corrected chi connectivity index (χ0v) is 27.4. The maximum Gasteiger partial charge on any atom is 0.323 e. The number of nitrogens with one attached hydrogen (secondary N) is 2. The number of carboxylic acid groups (broad SMARTS) is 2. The highest BCUT2D eigenvalue weighted by atomic mass is 16.5. The summed E-state index contributed by atoms with van der Waals surface area (Å²) < 4.78 is 16.9. The third-order valence-electron chi connectivity index (χ3n) is 6.47. The van der Waals surface area contributed by atoms with E-state index in [9.17, 15) is 14.7 Å². The average molecular weight is 617 g/mol. The van der Waals surface area contributed by atoms with Crippen LogP contribution in [0.15, 0.2) is 0 Å². The van der Waals surface area contributed by atoms with Crippen LogP contribution in [0.4, 0.5) is 11.9 Å². The fourth-order valence-corrected chi connectivity index (χ4v) is 3.05. The van der Waals surface area contributed by atoms with Gasteiger partial charge in [-0.1, -0.05) is 13.8 Å². The summed E-state index contributed by atoms with van der Waals surface area (Å²) in [4.78, 5) is 34.7. The molecule has 0 aliphatic rings. The molecule has 0 amide bonds. The van der Waals surface area contributed by atoms with E-state index in [0.717, 1.165) is 13.0 Å². The standard InChI is InChI=1S/C23H44N6O5.C6H12O3/c1-17(2)7-11-25-19-27-20(29-21(28-19)33-16-15-32-14-10-24)26-12-8-23(5,6)34-13-9-22(3,4)18(30)31;1-6(2,3-4-7)5(8)9/h17H,7-16,24H2,1-6H3,(H,30,31)(H2,25,26,27,28,29);7H,3-4H2,1-2H3,(H,8,9). The van der Waals surface area contributed by atoms with Gasteiger partial charge in [-0.25, -0.2) is 0 Å². The summed E-state index contributed by atoms with van der Waals surface area (Å²) in [7, 11) is 0. The number of aromatic nitrogens is 3. The topological polar surface area (TPSA) is 211 Å². The van der Waals surface area contributed by atoms with E-state index >= 15 is 0 Å². The SMILES string of the molecule is CC(C)(CCO)C(=O)O.CC(C)CCNc1nc(NCCC(C)(C)OCCC(C)(C)C(=O)O)nc(OCCOCCN)n1. The zero-order chi connectivity index (χ0) is 33.1. The Kier molecular flexibility index (Phi) is 18.9. The predicted octanol–water partition coefficient (Wildman–Crippen LogP) is 3.26. The van der Waals surface area contributed by atoms with Crippen molar-refractivity contribution >= 4 is 23.8 Å². The van der Waals surface area contributed by atoms with Crippen LogP contribution in [0.5, 0.6) is 6.01 Å². The molecule has 0 saturated carbocycles. The first-order chi connectivity index (χ1) is 20.0. The second-order valence-corrected chi connectivity index (χ2v) is 12.5. The summed E-state index contributed by atoms with van der Waals surface area (Å²) in [6.45, 7) is 18.1. The molecule has 250 valence electrons. The first kappa shape index (κ1) is 40.2. The monoisotopic (exact) mass is 616 g/mol. The van der Waals surface area contributed by atoms with Crippen molar-refractivity contribution in [3.63, 3.8) is 0 Å². The fourth-order valence-electron chi connectivity index (χ4n) is 3.05. The van der Waals surface area contributed by atoms with Crippen LogP contribution in [0.3, 0.4) is 0 Å². The van der Waals surface area contributed by atoms with Crippen molar-refractivity contribution in [2.75, 3.05) is 63.3 Å². The van der Waals surface area contributed by atoms with Gasteiger partial charge in [-0.05, 0) is 73.1 Å². The van der Waals surface area contributed by atoms with Gasteiger partial charge in [-0.2, -0.15) is 15.0 Å². The lowest BCUT2D eigenvalue weighted by molar-refractivity contribution is -0.149. The molecule has 0 bridgehead atoms. The van der Waals surface area contributed by atoms with Gasteiger partial charge >= 0.3 is 17.9 Å². The van der Waals surface area contributed by atoms with E-state index in [1.807, 2.05) is 13.8 Å². The summed E-state index contributed by atoms with van der Waals surface area (Å²) in [6, 6.07) is 0.215. The molecule has 1 rings (SSSR count). The molecule has 0 unspecified atom stereocenters. The van der Waals surface area contributed by atoms with E-state index in [-0.39, 0.29) is 12.6 Å². The molecule has 0 aliphatic carbocycles. The highest BCUT2D eigenvalue weighted by Gasteiger charge is 2.28. The van der Waals surface area contributed by atoms with Crippen LogP contribution in [0, 0.1) is 16.7 Å². The molecule has 0 radical (unpaired) electrons. The quantitative estimate of drug-likeness (QED) is 0.103. The number of nitrogens with two attached hydrogens (primary N) is 1. The Morgan fingerprint density at radius 3 is 1.86 bits per heavy atom. The van der Waals surface area contributed by atoms with E-state index in [1.54, 1.807) is 27.7 Å². The molecule has 1 heterocycles. The molecule has 1 aromatic heterocycles. The minimum Gasteiger partial charge on any atom is -0.481 e. The molecule has 0 atom stereocenters. The maximum atomic E-state index is 11.3. The number of carbonyl (C=O) groups is 2. The van der Waals surface area contributed by atoms with Gasteiger partial charge in [0.1, 0.15) is 6.61 Å². The minimum atomic E-state index is -0.864. The van der Waals surface area contributed by atoms with Gasteiger partial charge in [0.05, 0.1) is 29.6 Å².